The third-order valence-corrected chi connectivity index (χ3v) is 3.49. The van der Waals surface area contributed by atoms with Crippen molar-refractivity contribution in [1.29, 1.82) is 0 Å². The molecule has 1 saturated heterocycles. The molecule has 1 aromatic rings. The second-order valence-corrected chi connectivity index (χ2v) is 4.76. The number of para-hydroxylation sites is 1. The maximum absolute atomic E-state index is 6.11. The molecule has 2 heterocycles. The van der Waals surface area contributed by atoms with Crippen molar-refractivity contribution >= 4 is 0 Å². The summed E-state index contributed by atoms with van der Waals surface area (Å²) in [7, 11) is 0. The van der Waals surface area contributed by atoms with Crippen LogP contribution in [0.3, 0.4) is 0 Å². The third kappa shape index (κ3) is 2.39. The standard InChI is InChI=1S/C14H19NO2/c1-3-11-7-10-16-14(11)13(5-1)17-12-4-2-8-15-9-6-12/h1,3,5,12,15H,2,4,6-10H2. The lowest BCUT2D eigenvalue weighted by atomic mass is 10.1. The number of ether oxygens (including phenoxy) is 2. The molecule has 3 nitrogen and oxygen atoms in total. The molecule has 0 amide bonds. The second-order valence-electron chi connectivity index (χ2n) is 4.76. The van der Waals surface area contributed by atoms with Gasteiger partial charge >= 0.3 is 0 Å². The van der Waals surface area contributed by atoms with Gasteiger partial charge in [0.15, 0.2) is 11.5 Å². The molecule has 0 saturated carbocycles. The summed E-state index contributed by atoms with van der Waals surface area (Å²) in [6, 6.07) is 6.23. The van der Waals surface area contributed by atoms with E-state index in [4.69, 9.17) is 9.47 Å². The Labute approximate surface area is 102 Å². The lowest BCUT2D eigenvalue weighted by molar-refractivity contribution is 0.179. The van der Waals surface area contributed by atoms with Crippen LogP contribution in [0, 0.1) is 0 Å². The summed E-state index contributed by atoms with van der Waals surface area (Å²) in [5, 5.41) is 3.40. The highest BCUT2D eigenvalue weighted by atomic mass is 16.5. The van der Waals surface area contributed by atoms with Gasteiger partial charge in [-0.15, -0.1) is 0 Å². The summed E-state index contributed by atoms with van der Waals surface area (Å²) in [5.74, 6) is 1.91. The maximum atomic E-state index is 6.11. The number of fused-ring (bicyclic) bond motifs is 1. The fraction of sp³-hybridized carbons (Fsp3) is 0.571. The average Bonchev–Trinajstić information content (AvgIpc) is 2.69. The predicted octanol–water partition coefficient (Wildman–Crippen LogP) is 2.14. The van der Waals surface area contributed by atoms with Crippen molar-refractivity contribution in [2.75, 3.05) is 19.7 Å². The number of hydrogen-bond donors (Lipinski definition) is 1. The Morgan fingerprint density at radius 1 is 1.24 bits per heavy atom. The van der Waals surface area contributed by atoms with Gasteiger partial charge in [0.05, 0.1) is 6.61 Å². The summed E-state index contributed by atoms with van der Waals surface area (Å²) in [4.78, 5) is 0. The van der Waals surface area contributed by atoms with Gasteiger partial charge in [0.1, 0.15) is 6.10 Å². The fourth-order valence-electron chi connectivity index (χ4n) is 2.56. The molecule has 0 aromatic heterocycles. The normalized spacial score (nSPS) is 23.6. The van der Waals surface area contributed by atoms with Gasteiger partial charge in [-0.2, -0.15) is 0 Å². The van der Waals surface area contributed by atoms with Crippen molar-refractivity contribution in [2.24, 2.45) is 0 Å². The number of hydrogen-bond acceptors (Lipinski definition) is 3. The van der Waals surface area contributed by atoms with Crippen LogP contribution < -0.4 is 14.8 Å². The van der Waals surface area contributed by atoms with Gasteiger partial charge in [-0.25, -0.2) is 0 Å². The molecule has 1 aromatic carbocycles. The molecule has 1 atom stereocenters. The van der Waals surface area contributed by atoms with Gasteiger partial charge in [0, 0.05) is 12.0 Å². The zero-order chi connectivity index (χ0) is 11.5. The molecule has 2 aliphatic heterocycles. The van der Waals surface area contributed by atoms with Crippen LogP contribution in [0.25, 0.3) is 0 Å². The van der Waals surface area contributed by atoms with Crippen LogP contribution in [-0.2, 0) is 6.42 Å². The molecule has 17 heavy (non-hydrogen) atoms. The van der Waals surface area contributed by atoms with Crippen molar-refractivity contribution in [3.8, 4) is 11.5 Å². The number of rotatable bonds is 2. The molecule has 0 radical (unpaired) electrons. The molecule has 1 unspecified atom stereocenters. The van der Waals surface area contributed by atoms with E-state index in [-0.39, 0.29) is 0 Å². The number of benzene rings is 1. The molecular weight excluding hydrogens is 214 g/mol. The van der Waals surface area contributed by atoms with E-state index in [1.54, 1.807) is 0 Å². The molecular formula is C14H19NO2. The Hall–Kier alpha value is -1.22. The predicted molar refractivity (Wildman–Crippen MR) is 66.8 cm³/mol. The highest BCUT2D eigenvalue weighted by Gasteiger charge is 2.20. The van der Waals surface area contributed by atoms with Gasteiger partial charge in [-0.1, -0.05) is 12.1 Å². The topological polar surface area (TPSA) is 30.5 Å². The van der Waals surface area contributed by atoms with Gasteiger partial charge in [0.2, 0.25) is 0 Å². The summed E-state index contributed by atoms with van der Waals surface area (Å²) in [6.45, 7) is 2.96. The van der Waals surface area contributed by atoms with Gasteiger partial charge in [0.25, 0.3) is 0 Å². The lowest BCUT2D eigenvalue weighted by Gasteiger charge is -2.18. The molecule has 3 rings (SSSR count). The quantitative estimate of drug-likeness (QED) is 0.849. The van der Waals surface area contributed by atoms with E-state index in [2.05, 4.69) is 17.4 Å². The van der Waals surface area contributed by atoms with Gasteiger partial charge < -0.3 is 14.8 Å². The highest BCUT2D eigenvalue weighted by Crippen LogP contribution is 2.36. The average molecular weight is 233 g/mol. The zero-order valence-electron chi connectivity index (χ0n) is 10.1. The Bertz CT molecular complexity index is 384. The third-order valence-electron chi connectivity index (χ3n) is 3.49. The largest absolute Gasteiger partial charge is 0.489 e. The minimum absolute atomic E-state index is 0.334. The summed E-state index contributed by atoms with van der Waals surface area (Å²) in [6.07, 6.45) is 4.76. The van der Waals surface area contributed by atoms with E-state index >= 15 is 0 Å². The van der Waals surface area contributed by atoms with Crippen LogP contribution in [0.2, 0.25) is 0 Å². The number of nitrogens with one attached hydrogen (secondary N) is 1. The van der Waals surface area contributed by atoms with Crippen molar-refractivity contribution in [3.63, 3.8) is 0 Å². The van der Waals surface area contributed by atoms with Gasteiger partial charge in [-0.3, -0.25) is 0 Å². The van der Waals surface area contributed by atoms with Crippen LogP contribution in [-0.4, -0.2) is 25.8 Å². The second kappa shape index (κ2) is 4.96. The van der Waals surface area contributed by atoms with E-state index in [1.807, 2.05) is 6.07 Å². The van der Waals surface area contributed by atoms with Crippen LogP contribution in [0.15, 0.2) is 18.2 Å². The minimum atomic E-state index is 0.334. The molecule has 0 aliphatic carbocycles. The first kappa shape index (κ1) is 10.9. The van der Waals surface area contributed by atoms with E-state index < -0.39 is 0 Å². The molecule has 92 valence electrons. The summed E-state index contributed by atoms with van der Waals surface area (Å²) >= 11 is 0. The smallest absolute Gasteiger partial charge is 0.164 e. The Morgan fingerprint density at radius 2 is 2.24 bits per heavy atom. The van der Waals surface area contributed by atoms with Gasteiger partial charge in [-0.05, 0) is 38.4 Å². The van der Waals surface area contributed by atoms with E-state index in [0.717, 1.165) is 50.5 Å². The molecule has 3 heteroatoms. The maximum Gasteiger partial charge on any atom is 0.164 e. The minimum Gasteiger partial charge on any atom is -0.489 e. The first-order chi connectivity index (χ1) is 8.43. The molecule has 1 N–H and O–H groups in total. The van der Waals surface area contributed by atoms with Crippen LogP contribution >= 0.6 is 0 Å². The lowest BCUT2D eigenvalue weighted by Crippen LogP contribution is -2.19. The van der Waals surface area contributed by atoms with E-state index in [9.17, 15) is 0 Å². The Balaban J connectivity index is 1.74. The van der Waals surface area contributed by atoms with Crippen molar-refractivity contribution in [3.05, 3.63) is 23.8 Å². The Kier molecular flexibility index (Phi) is 3.18. The molecule has 1 fully saturated rings. The van der Waals surface area contributed by atoms with Crippen molar-refractivity contribution in [1.82, 2.24) is 5.32 Å². The molecule has 2 aliphatic rings. The van der Waals surface area contributed by atoms with Crippen LogP contribution in [0.5, 0.6) is 11.5 Å². The fourth-order valence-corrected chi connectivity index (χ4v) is 2.56. The first-order valence-electron chi connectivity index (χ1n) is 6.55. The SMILES string of the molecule is c1cc2c(c(OC3CCCNCC3)c1)OCC2. The van der Waals surface area contributed by atoms with Crippen molar-refractivity contribution in [2.45, 2.75) is 31.8 Å². The highest BCUT2D eigenvalue weighted by molar-refractivity contribution is 5.48. The first-order valence-corrected chi connectivity index (χ1v) is 6.55. The van der Waals surface area contributed by atoms with Crippen LogP contribution in [0.4, 0.5) is 0 Å². The zero-order valence-corrected chi connectivity index (χ0v) is 10.1. The van der Waals surface area contributed by atoms with E-state index in [0.29, 0.717) is 6.10 Å². The van der Waals surface area contributed by atoms with Crippen LogP contribution in [0.1, 0.15) is 24.8 Å². The molecule has 0 spiro atoms. The summed E-state index contributed by atoms with van der Waals surface area (Å²) in [5.41, 5.74) is 1.29. The summed E-state index contributed by atoms with van der Waals surface area (Å²) < 4.78 is 11.8. The van der Waals surface area contributed by atoms with Crippen molar-refractivity contribution < 1.29 is 9.47 Å². The van der Waals surface area contributed by atoms with E-state index in [1.165, 1.54) is 12.0 Å². The molecule has 0 bridgehead atoms. The monoisotopic (exact) mass is 233 g/mol. The Morgan fingerprint density at radius 3 is 3.24 bits per heavy atom.